The van der Waals surface area contributed by atoms with Gasteiger partial charge in [-0.2, -0.15) is 0 Å². The summed E-state index contributed by atoms with van der Waals surface area (Å²) in [7, 11) is 0. The van der Waals surface area contributed by atoms with Gasteiger partial charge in [-0.25, -0.2) is 0 Å². The molecule has 0 atom stereocenters. The molecular weight excluding hydrogens is 418 g/mol. The van der Waals surface area contributed by atoms with E-state index < -0.39 is 0 Å². The number of hydrogen-bond donors (Lipinski definition) is 0. The van der Waals surface area contributed by atoms with Crippen molar-refractivity contribution in [2.75, 3.05) is 0 Å². The lowest BCUT2D eigenvalue weighted by atomic mass is 10.1. The Kier molecular flexibility index (Phi) is 4.73. The highest BCUT2D eigenvalue weighted by Gasteiger charge is 2.21. The Bertz CT molecular complexity index is 1730. The zero-order valence-electron chi connectivity index (χ0n) is 18.7. The number of benzene rings is 4. The van der Waals surface area contributed by atoms with Crippen molar-refractivity contribution in [2.45, 2.75) is 6.92 Å². The molecule has 4 aromatic carbocycles. The molecule has 0 saturated heterocycles. The molecule has 0 aliphatic rings. The van der Waals surface area contributed by atoms with Crippen LogP contribution >= 0.6 is 0 Å². The van der Waals surface area contributed by atoms with E-state index in [9.17, 15) is 0 Å². The van der Waals surface area contributed by atoms with Gasteiger partial charge >= 0.3 is 0 Å². The molecule has 6 aromatic rings. The number of nitrogens with zero attached hydrogens (tertiary/aromatic N) is 5. The lowest BCUT2D eigenvalue weighted by Gasteiger charge is -2.14. The molecular formula is C29H21N5. The number of rotatable bonds is 4. The Morgan fingerprint density at radius 2 is 1.44 bits per heavy atom. The van der Waals surface area contributed by atoms with Gasteiger partial charge in [-0.3, -0.25) is 14.6 Å². The van der Waals surface area contributed by atoms with Gasteiger partial charge in [0.15, 0.2) is 5.82 Å². The fourth-order valence-corrected chi connectivity index (χ4v) is 4.63. The lowest BCUT2D eigenvalue weighted by molar-refractivity contribution is 0.957. The molecule has 2 heterocycles. The molecule has 0 radical (unpaired) electrons. The van der Waals surface area contributed by atoms with Gasteiger partial charge < -0.3 is 0 Å². The predicted octanol–water partition coefficient (Wildman–Crippen LogP) is 7.45. The summed E-state index contributed by atoms with van der Waals surface area (Å²) < 4.78 is 2.13. The summed E-state index contributed by atoms with van der Waals surface area (Å²) in [6, 6.07) is 31.1. The van der Waals surface area contributed by atoms with Crippen molar-refractivity contribution < 1.29 is 0 Å². The van der Waals surface area contributed by atoms with Crippen LogP contribution < -0.4 is 0 Å². The number of fused-ring (bicyclic) bond motifs is 4. The topological polar surface area (TPSA) is 55.4 Å². The largest absolute Gasteiger partial charge is 0.290 e. The summed E-state index contributed by atoms with van der Waals surface area (Å²) in [5.41, 5.74) is 4.92. The van der Waals surface area contributed by atoms with E-state index in [4.69, 9.17) is 10.1 Å². The van der Waals surface area contributed by atoms with Gasteiger partial charge in [0.25, 0.3) is 0 Å². The maximum Gasteiger partial charge on any atom is 0.188 e. The number of hydrogen-bond acceptors (Lipinski definition) is 4. The van der Waals surface area contributed by atoms with Crippen LogP contribution in [0.15, 0.2) is 101 Å². The van der Waals surface area contributed by atoms with E-state index >= 15 is 0 Å². The molecule has 0 saturated carbocycles. The Morgan fingerprint density at radius 1 is 0.735 bits per heavy atom. The maximum atomic E-state index is 4.72. The third kappa shape index (κ3) is 3.02. The van der Waals surface area contributed by atoms with Crippen molar-refractivity contribution in [1.29, 1.82) is 0 Å². The number of para-hydroxylation sites is 1. The summed E-state index contributed by atoms with van der Waals surface area (Å²) in [6.07, 6.45) is 1.76. The highest BCUT2D eigenvalue weighted by Crippen LogP contribution is 2.42. The average molecular weight is 440 g/mol. The highest BCUT2D eigenvalue weighted by atomic mass is 15.2. The second-order valence-corrected chi connectivity index (χ2v) is 8.05. The third-order valence-electron chi connectivity index (χ3n) is 6.12. The summed E-state index contributed by atoms with van der Waals surface area (Å²) in [4.78, 5) is 9.08. The van der Waals surface area contributed by atoms with Crippen LogP contribution in [-0.2, 0) is 0 Å². The third-order valence-corrected chi connectivity index (χ3v) is 6.12. The van der Waals surface area contributed by atoms with E-state index in [0.717, 1.165) is 32.8 Å². The number of aromatic nitrogens is 3. The molecule has 2 aromatic heterocycles. The van der Waals surface area contributed by atoms with Gasteiger partial charge in [-0.05, 0) is 42.6 Å². The van der Waals surface area contributed by atoms with Crippen molar-refractivity contribution in [3.63, 3.8) is 0 Å². The number of aliphatic imine (C=N–C) groups is 2. The van der Waals surface area contributed by atoms with Crippen LogP contribution in [0, 0.1) is 0 Å². The van der Waals surface area contributed by atoms with Crippen LogP contribution in [0.4, 0.5) is 11.4 Å². The van der Waals surface area contributed by atoms with Crippen LogP contribution in [0.3, 0.4) is 0 Å². The second-order valence-electron chi connectivity index (χ2n) is 8.05. The van der Waals surface area contributed by atoms with E-state index in [2.05, 4.69) is 76.0 Å². The minimum absolute atomic E-state index is 0.612. The fraction of sp³-hybridized carbons (Fsp3) is 0.0345. The SMILES string of the molecule is C=Nc1c(-c2ccccc2)nnc(-n2c3ccccc3c3cc4ccccc4cc32)c1N=CC. The minimum atomic E-state index is 0.612. The molecule has 0 aliphatic heterocycles. The van der Waals surface area contributed by atoms with Crippen LogP contribution in [0.2, 0.25) is 0 Å². The summed E-state index contributed by atoms with van der Waals surface area (Å²) in [5.74, 6) is 0.627. The van der Waals surface area contributed by atoms with Crippen molar-refractivity contribution in [2.24, 2.45) is 9.98 Å². The van der Waals surface area contributed by atoms with Gasteiger partial charge in [0.05, 0.1) is 11.0 Å². The minimum Gasteiger partial charge on any atom is -0.290 e. The predicted molar refractivity (Wildman–Crippen MR) is 142 cm³/mol. The quantitative estimate of drug-likeness (QED) is 0.268. The Labute approximate surface area is 196 Å². The van der Waals surface area contributed by atoms with Crippen molar-refractivity contribution in [1.82, 2.24) is 14.8 Å². The summed E-state index contributed by atoms with van der Waals surface area (Å²) in [5, 5.41) is 14.0. The first-order chi connectivity index (χ1) is 16.8. The first kappa shape index (κ1) is 20.0. The molecule has 34 heavy (non-hydrogen) atoms. The second kappa shape index (κ2) is 8.05. The first-order valence-corrected chi connectivity index (χ1v) is 11.1. The van der Waals surface area contributed by atoms with Gasteiger partial charge in [-0.15, -0.1) is 10.2 Å². The zero-order valence-corrected chi connectivity index (χ0v) is 18.7. The molecule has 0 unspecified atom stereocenters. The standard InChI is InChI=1S/C29H21N5/c1-3-31-28-27(30-2)26(19-11-5-4-6-12-19)32-33-29(28)34-24-16-10-9-15-22(24)23-17-20-13-7-8-14-21(20)18-25(23)34/h3-18H,2H2,1H3. The van der Waals surface area contributed by atoms with Crippen molar-refractivity contribution in [3.8, 4) is 17.1 Å². The fourth-order valence-electron chi connectivity index (χ4n) is 4.63. The normalized spacial score (nSPS) is 11.7. The van der Waals surface area contributed by atoms with Crippen molar-refractivity contribution in [3.05, 3.63) is 91.0 Å². The molecule has 0 aliphatic carbocycles. The zero-order chi connectivity index (χ0) is 23.1. The Morgan fingerprint density at radius 3 is 2.21 bits per heavy atom. The van der Waals surface area contributed by atoms with Gasteiger partial charge in [-0.1, -0.05) is 72.8 Å². The van der Waals surface area contributed by atoms with Crippen LogP contribution in [0.5, 0.6) is 0 Å². The van der Waals surface area contributed by atoms with Gasteiger partial charge in [0.1, 0.15) is 17.1 Å². The molecule has 0 spiro atoms. The molecule has 0 N–H and O–H groups in total. The van der Waals surface area contributed by atoms with E-state index in [1.807, 2.05) is 43.3 Å². The Hall–Kier alpha value is -4.64. The highest BCUT2D eigenvalue weighted by molar-refractivity contribution is 6.14. The van der Waals surface area contributed by atoms with Crippen LogP contribution in [-0.4, -0.2) is 27.7 Å². The molecule has 6 rings (SSSR count). The molecule has 162 valence electrons. The van der Waals surface area contributed by atoms with Crippen LogP contribution in [0.25, 0.3) is 49.7 Å². The van der Waals surface area contributed by atoms with Gasteiger partial charge in [0.2, 0.25) is 0 Å². The monoisotopic (exact) mass is 439 g/mol. The van der Waals surface area contributed by atoms with E-state index in [-0.39, 0.29) is 0 Å². The lowest BCUT2D eigenvalue weighted by Crippen LogP contribution is -2.02. The molecule has 0 amide bonds. The van der Waals surface area contributed by atoms with E-state index in [1.165, 1.54) is 5.39 Å². The van der Waals surface area contributed by atoms with Crippen LogP contribution in [0.1, 0.15) is 6.92 Å². The average Bonchev–Trinajstić information content (AvgIpc) is 3.21. The Balaban J connectivity index is 1.75. The molecule has 0 fully saturated rings. The first-order valence-electron chi connectivity index (χ1n) is 11.1. The smallest absolute Gasteiger partial charge is 0.188 e. The maximum absolute atomic E-state index is 4.72. The summed E-state index contributed by atoms with van der Waals surface area (Å²) >= 11 is 0. The van der Waals surface area contributed by atoms with Gasteiger partial charge in [0, 0.05) is 22.6 Å². The molecule has 0 bridgehead atoms. The van der Waals surface area contributed by atoms with Crippen molar-refractivity contribution >= 4 is 56.9 Å². The molecule has 5 nitrogen and oxygen atoms in total. The molecule has 5 heteroatoms. The summed E-state index contributed by atoms with van der Waals surface area (Å²) in [6.45, 7) is 5.73. The van der Waals surface area contributed by atoms with E-state index in [0.29, 0.717) is 22.9 Å². The van der Waals surface area contributed by atoms with E-state index in [1.54, 1.807) is 6.21 Å².